The number of carbonyl (C=O) groups excluding carboxylic acids is 1. The van der Waals surface area contributed by atoms with Crippen molar-refractivity contribution in [2.45, 2.75) is 39.7 Å². The van der Waals surface area contributed by atoms with E-state index in [-0.39, 0.29) is 12.0 Å². The van der Waals surface area contributed by atoms with Crippen LogP contribution in [0.15, 0.2) is 29.4 Å². The van der Waals surface area contributed by atoms with E-state index in [4.69, 9.17) is 4.84 Å². The maximum Gasteiger partial charge on any atom is 0.222 e. The zero-order valence-electron chi connectivity index (χ0n) is 13.3. The lowest BCUT2D eigenvalue weighted by atomic mass is 10.0. The quantitative estimate of drug-likeness (QED) is 0.836. The minimum absolute atomic E-state index is 0.0394. The van der Waals surface area contributed by atoms with Crippen LogP contribution in [-0.2, 0) is 9.63 Å². The molecule has 1 aromatic rings. The number of hydrogen-bond donors (Lipinski definition) is 0. The first kappa shape index (κ1) is 15.5. The Bertz CT molecular complexity index is 520. The molecule has 0 saturated heterocycles. The molecule has 0 N–H and O–H groups in total. The number of hydrogen-bond acceptors (Lipinski definition) is 3. The van der Waals surface area contributed by atoms with Crippen LogP contribution in [0.5, 0.6) is 0 Å². The topological polar surface area (TPSA) is 41.9 Å². The summed E-state index contributed by atoms with van der Waals surface area (Å²) < 4.78 is 0. The van der Waals surface area contributed by atoms with Crippen molar-refractivity contribution in [3.05, 3.63) is 35.4 Å². The molecule has 0 radical (unpaired) electrons. The monoisotopic (exact) mass is 288 g/mol. The lowest BCUT2D eigenvalue weighted by Crippen LogP contribution is -2.35. The summed E-state index contributed by atoms with van der Waals surface area (Å²) in [7, 11) is 1.83. The highest BCUT2D eigenvalue weighted by Crippen LogP contribution is 2.18. The van der Waals surface area contributed by atoms with Crippen molar-refractivity contribution in [3.8, 4) is 0 Å². The Kier molecular flexibility index (Phi) is 4.99. The molecule has 2 rings (SSSR count). The zero-order chi connectivity index (χ0) is 15.4. The second kappa shape index (κ2) is 6.74. The molecule has 1 aliphatic heterocycles. The van der Waals surface area contributed by atoms with Gasteiger partial charge in [0, 0.05) is 19.9 Å². The predicted molar refractivity (Wildman–Crippen MR) is 84.3 cm³/mol. The highest BCUT2D eigenvalue weighted by molar-refractivity contribution is 6.01. The van der Waals surface area contributed by atoms with E-state index >= 15 is 0 Å². The third-order valence-corrected chi connectivity index (χ3v) is 3.60. The molecule has 0 saturated carbocycles. The zero-order valence-corrected chi connectivity index (χ0v) is 13.3. The molecule has 0 fully saturated rings. The van der Waals surface area contributed by atoms with E-state index in [1.807, 2.05) is 7.05 Å². The minimum atomic E-state index is -0.0394. The van der Waals surface area contributed by atoms with Crippen molar-refractivity contribution in [1.82, 2.24) is 4.90 Å². The summed E-state index contributed by atoms with van der Waals surface area (Å²) in [6.45, 7) is 6.76. The van der Waals surface area contributed by atoms with Crippen LogP contribution >= 0.6 is 0 Å². The van der Waals surface area contributed by atoms with E-state index in [9.17, 15) is 4.79 Å². The first-order chi connectivity index (χ1) is 9.95. The van der Waals surface area contributed by atoms with Gasteiger partial charge < -0.3 is 9.74 Å². The average Bonchev–Trinajstić information content (AvgIpc) is 2.87. The van der Waals surface area contributed by atoms with Gasteiger partial charge in [-0.05, 0) is 18.4 Å². The number of aryl methyl sites for hydroxylation is 1. The third kappa shape index (κ3) is 4.31. The van der Waals surface area contributed by atoms with Gasteiger partial charge in [-0.1, -0.05) is 48.8 Å². The van der Waals surface area contributed by atoms with Crippen molar-refractivity contribution in [1.29, 1.82) is 0 Å². The summed E-state index contributed by atoms with van der Waals surface area (Å²) in [4.78, 5) is 19.2. The summed E-state index contributed by atoms with van der Waals surface area (Å²) in [5.41, 5.74) is 3.29. The molecule has 4 heteroatoms. The molecule has 0 aromatic heterocycles. The molecule has 1 aromatic carbocycles. The van der Waals surface area contributed by atoms with Gasteiger partial charge in [-0.25, -0.2) is 0 Å². The van der Waals surface area contributed by atoms with Gasteiger partial charge in [0.25, 0.3) is 0 Å². The van der Waals surface area contributed by atoms with Gasteiger partial charge in [0.2, 0.25) is 5.91 Å². The van der Waals surface area contributed by atoms with Crippen molar-refractivity contribution in [2.75, 3.05) is 13.6 Å². The fourth-order valence-corrected chi connectivity index (χ4v) is 2.36. The van der Waals surface area contributed by atoms with E-state index in [1.54, 1.807) is 4.90 Å². The first-order valence-corrected chi connectivity index (χ1v) is 7.49. The maximum atomic E-state index is 12.0. The Labute approximate surface area is 126 Å². The SMILES string of the molecule is Cc1ccc(C2=NO[C@H](CN(C)C(=O)CC(C)C)C2)cc1. The summed E-state index contributed by atoms with van der Waals surface area (Å²) in [5.74, 6) is 0.543. The molecule has 0 unspecified atom stereocenters. The second-order valence-electron chi connectivity index (χ2n) is 6.21. The second-order valence-corrected chi connectivity index (χ2v) is 6.21. The van der Waals surface area contributed by atoms with Crippen molar-refractivity contribution >= 4 is 11.6 Å². The molecule has 1 heterocycles. The molecule has 114 valence electrons. The summed E-state index contributed by atoms with van der Waals surface area (Å²) in [6, 6.07) is 8.27. The molecule has 0 bridgehead atoms. The highest BCUT2D eigenvalue weighted by atomic mass is 16.6. The maximum absolute atomic E-state index is 12.0. The lowest BCUT2D eigenvalue weighted by molar-refractivity contribution is -0.132. The molecule has 1 amide bonds. The number of amides is 1. The number of carbonyl (C=O) groups is 1. The molecule has 1 aliphatic rings. The van der Waals surface area contributed by atoms with Crippen molar-refractivity contribution in [3.63, 3.8) is 0 Å². The van der Waals surface area contributed by atoms with Crippen LogP contribution < -0.4 is 0 Å². The van der Waals surface area contributed by atoms with E-state index in [0.717, 1.165) is 17.7 Å². The smallest absolute Gasteiger partial charge is 0.222 e. The molecule has 21 heavy (non-hydrogen) atoms. The van der Waals surface area contributed by atoms with Gasteiger partial charge >= 0.3 is 0 Å². The molecule has 4 nitrogen and oxygen atoms in total. The molecular formula is C17H24N2O2. The molecule has 0 aliphatic carbocycles. The predicted octanol–water partition coefficient (Wildman–Crippen LogP) is 2.99. The first-order valence-electron chi connectivity index (χ1n) is 7.49. The van der Waals surface area contributed by atoms with Crippen LogP contribution in [-0.4, -0.2) is 36.2 Å². The summed E-state index contributed by atoms with van der Waals surface area (Å²) in [5, 5.41) is 4.17. The third-order valence-electron chi connectivity index (χ3n) is 3.60. The van der Waals surface area contributed by atoms with Crippen molar-refractivity contribution < 1.29 is 9.63 Å². The van der Waals surface area contributed by atoms with Crippen molar-refractivity contribution in [2.24, 2.45) is 11.1 Å². The van der Waals surface area contributed by atoms with E-state index in [0.29, 0.717) is 18.9 Å². The van der Waals surface area contributed by atoms with Crippen LogP contribution in [0.25, 0.3) is 0 Å². The average molecular weight is 288 g/mol. The Morgan fingerprint density at radius 1 is 1.38 bits per heavy atom. The van der Waals surface area contributed by atoms with Gasteiger partial charge in [0.15, 0.2) is 6.10 Å². The number of rotatable bonds is 5. The highest BCUT2D eigenvalue weighted by Gasteiger charge is 2.25. The van der Waals surface area contributed by atoms with E-state index in [1.165, 1.54) is 5.56 Å². The Morgan fingerprint density at radius 3 is 2.67 bits per heavy atom. The lowest BCUT2D eigenvalue weighted by Gasteiger charge is -2.20. The Morgan fingerprint density at radius 2 is 2.05 bits per heavy atom. The van der Waals surface area contributed by atoms with Gasteiger partial charge in [0.05, 0.1) is 12.3 Å². The van der Waals surface area contributed by atoms with Crippen LogP contribution in [0.3, 0.4) is 0 Å². The molecule has 1 atom stereocenters. The number of oxime groups is 1. The van der Waals surface area contributed by atoms with Gasteiger partial charge in [-0.15, -0.1) is 0 Å². The van der Waals surface area contributed by atoms with Crippen LogP contribution in [0.2, 0.25) is 0 Å². The number of nitrogens with zero attached hydrogens (tertiary/aromatic N) is 2. The van der Waals surface area contributed by atoms with E-state index < -0.39 is 0 Å². The minimum Gasteiger partial charge on any atom is -0.390 e. The van der Waals surface area contributed by atoms with Crippen LogP contribution in [0, 0.1) is 12.8 Å². The van der Waals surface area contributed by atoms with Gasteiger partial charge in [-0.3, -0.25) is 4.79 Å². The molecular weight excluding hydrogens is 264 g/mol. The van der Waals surface area contributed by atoms with E-state index in [2.05, 4.69) is 50.2 Å². The Balaban J connectivity index is 1.87. The summed E-state index contributed by atoms with van der Waals surface area (Å²) >= 11 is 0. The van der Waals surface area contributed by atoms with Gasteiger partial charge in [0.1, 0.15) is 0 Å². The van der Waals surface area contributed by atoms with Gasteiger partial charge in [-0.2, -0.15) is 0 Å². The fraction of sp³-hybridized carbons (Fsp3) is 0.529. The standard InChI is InChI=1S/C17H24N2O2/c1-12(2)9-17(20)19(4)11-15-10-16(18-21-15)14-7-5-13(3)6-8-14/h5-8,12,15H,9-11H2,1-4H3/t15-/m0/s1. The van der Waals surface area contributed by atoms with Crippen LogP contribution in [0.1, 0.15) is 37.8 Å². The Hall–Kier alpha value is -1.84. The number of likely N-dealkylation sites (N-methyl/N-ethyl adjacent to an activating group) is 1. The molecule has 0 spiro atoms. The van der Waals surface area contributed by atoms with Crippen LogP contribution in [0.4, 0.5) is 0 Å². The number of benzene rings is 1. The summed E-state index contributed by atoms with van der Waals surface area (Å²) in [6.07, 6.45) is 1.29. The normalized spacial score (nSPS) is 17.6. The fourth-order valence-electron chi connectivity index (χ4n) is 2.36. The largest absolute Gasteiger partial charge is 0.390 e.